The molecule has 8 heteroatoms. The normalized spacial score (nSPS) is 10.4. The second-order valence-electron chi connectivity index (χ2n) is 4.88. The van der Waals surface area contributed by atoms with Gasteiger partial charge in [-0.1, -0.05) is 35.1 Å². The van der Waals surface area contributed by atoms with E-state index in [0.717, 1.165) is 16.9 Å². The van der Waals surface area contributed by atoms with E-state index in [1.807, 2.05) is 19.1 Å². The van der Waals surface area contributed by atoms with Crippen molar-refractivity contribution < 1.29 is 14.0 Å². The molecule has 0 saturated carbocycles. The minimum atomic E-state index is -0.355. The molecule has 2 amide bonds. The van der Waals surface area contributed by atoms with E-state index in [1.54, 1.807) is 6.07 Å². The van der Waals surface area contributed by atoms with E-state index in [4.69, 9.17) is 16.0 Å². The summed E-state index contributed by atoms with van der Waals surface area (Å²) >= 11 is 7.17. The Bertz CT molecular complexity index is 870. The third-order valence-electron chi connectivity index (χ3n) is 3.19. The summed E-state index contributed by atoms with van der Waals surface area (Å²) in [7, 11) is 0. The summed E-state index contributed by atoms with van der Waals surface area (Å²) in [5.74, 6) is -0.695. The van der Waals surface area contributed by atoms with Crippen LogP contribution in [0.3, 0.4) is 0 Å². The predicted molar refractivity (Wildman–Crippen MR) is 92.9 cm³/mol. The number of carbonyl (C=O) groups excluding carboxylic acids is 2. The molecular formula is C16H12ClN3O3S. The van der Waals surface area contributed by atoms with Gasteiger partial charge in [0.25, 0.3) is 11.8 Å². The average Bonchev–Trinajstić information content (AvgIpc) is 3.22. The lowest BCUT2D eigenvalue weighted by Crippen LogP contribution is -2.11. The number of rotatable bonds is 4. The molecule has 3 aromatic rings. The third kappa shape index (κ3) is 3.47. The molecule has 0 unspecified atom stereocenters. The van der Waals surface area contributed by atoms with Gasteiger partial charge in [-0.05, 0) is 24.6 Å². The number of halogens is 1. The summed E-state index contributed by atoms with van der Waals surface area (Å²) in [5, 5.41) is 6.15. The van der Waals surface area contributed by atoms with Gasteiger partial charge in [0.2, 0.25) is 0 Å². The number of nitrogens with one attached hydrogen (secondary N) is 2. The van der Waals surface area contributed by atoms with Crippen LogP contribution in [0.5, 0.6) is 0 Å². The number of hydrogen-bond acceptors (Lipinski definition) is 5. The molecule has 0 saturated heterocycles. The quantitative estimate of drug-likeness (QED) is 0.729. The molecule has 3 rings (SSSR count). The van der Waals surface area contributed by atoms with Crippen molar-refractivity contribution in [1.82, 2.24) is 4.98 Å². The van der Waals surface area contributed by atoms with Crippen LogP contribution in [0.1, 0.15) is 25.6 Å². The lowest BCUT2D eigenvalue weighted by molar-refractivity contribution is 0.101. The van der Waals surface area contributed by atoms with Crippen molar-refractivity contribution in [3.05, 3.63) is 64.0 Å². The Labute approximate surface area is 146 Å². The van der Waals surface area contributed by atoms with Gasteiger partial charge >= 0.3 is 0 Å². The number of carbonyl (C=O) groups is 2. The Morgan fingerprint density at radius 2 is 2.04 bits per heavy atom. The van der Waals surface area contributed by atoms with Gasteiger partial charge in [0.15, 0.2) is 5.13 Å². The molecule has 2 aromatic heterocycles. The maximum atomic E-state index is 12.3. The maximum Gasteiger partial charge on any atom is 0.267 e. The zero-order chi connectivity index (χ0) is 17.1. The average molecular weight is 362 g/mol. The smallest absolute Gasteiger partial charge is 0.267 e. The molecule has 0 aliphatic heterocycles. The molecule has 0 bridgehead atoms. The predicted octanol–water partition coefficient (Wildman–Crippen LogP) is 4.20. The molecular weight excluding hydrogens is 350 g/mol. The lowest BCUT2D eigenvalue weighted by atomic mass is 10.2. The fourth-order valence-corrected chi connectivity index (χ4v) is 2.94. The Morgan fingerprint density at radius 3 is 2.75 bits per heavy atom. The number of hydrogen-bond donors (Lipinski definition) is 2. The van der Waals surface area contributed by atoms with Crippen LogP contribution in [0.25, 0.3) is 0 Å². The first kappa shape index (κ1) is 16.2. The van der Waals surface area contributed by atoms with Gasteiger partial charge in [0.05, 0.1) is 28.7 Å². The number of furan rings is 1. The molecule has 6 nitrogen and oxygen atoms in total. The van der Waals surface area contributed by atoms with Crippen LogP contribution < -0.4 is 10.6 Å². The number of nitrogens with zero attached hydrogens (tertiary/aromatic N) is 1. The van der Waals surface area contributed by atoms with Crippen LogP contribution >= 0.6 is 22.9 Å². The minimum Gasteiger partial charge on any atom is -0.472 e. The highest BCUT2D eigenvalue weighted by Crippen LogP contribution is 2.27. The summed E-state index contributed by atoms with van der Waals surface area (Å²) in [6.07, 6.45) is 4.13. The van der Waals surface area contributed by atoms with Gasteiger partial charge in [0, 0.05) is 0 Å². The first-order valence-corrected chi connectivity index (χ1v) is 8.10. The number of anilines is 2. The van der Waals surface area contributed by atoms with Crippen molar-refractivity contribution in [1.29, 1.82) is 0 Å². The number of amides is 2. The second kappa shape index (κ2) is 6.86. The van der Waals surface area contributed by atoms with E-state index in [-0.39, 0.29) is 11.8 Å². The van der Waals surface area contributed by atoms with Crippen molar-refractivity contribution in [2.75, 3.05) is 10.6 Å². The Kier molecular flexibility index (Phi) is 4.64. The molecule has 0 aliphatic carbocycles. The summed E-state index contributed by atoms with van der Waals surface area (Å²) in [5.41, 5.74) is 1.79. The van der Waals surface area contributed by atoms with Crippen molar-refractivity contribution in [3.63, 3.8) is 0 Å². The van der Waals surface area contributed by atoms with E-state index in [1.165, 1.54) is 24.8 Å². The van der Waals surface area contributed by atoms with Gasteiger partial charge in [-0.3, -0.25) is 14.9 Å². The first-order valence-electron chi connectivity index (χ1n) is 6.90. The van der Waals surface area contributed by atoms with E-state index in [0.29, 0.717) is 26.3 Å². The summed E-state index contributed by atoms with van der Waals surface area (Å²) < 4.78 is 4.85. The summed E-state index contributed by atoms with van der Waals surface area (Å²) in [4.78, 5) is 28.6. The van der Waals surface area contributed by atoms with Crippen molar-refractivity contribution in [2.45, 2.75) is 6.92 Å². The fourth-order valence-electron chi connectivity index (χ4n) is 1.97. The summed E-state index contributed by atoms with van der Waals surface area (Å²) in [6, 6.07) is 6.90. The molecule has 2 N–H and O–H groups in total. The zero-order valence-corrected chi connectivity index (χ0v) is 14.1. The Balaban J connectivity index is 1.71. The van der Waals surface area contributed by atoms with Crippen LogP contribution in [0, 0.1) is 6.92 Å². The van der Waals surface area contributed by atoms with E-state index in [2.05, 4.69) is 15.6 Å². The van der Waals surface area contributed by atoms with Crippen LogP contribution in [0.15, 0.2) is 47.4 Å². The van der Waals surface area contributed by atoms with Gasteiger partial charge < -0.3 is 9.73 Å². The van der Waals surface area contributed by atoms with Crippen molar-refractivity contribution in [2.24, 2.45) is 0 Å². The summed E-state index contributed by atoms with van der Waals surface area (Å²) in [6.45, 7) is 1.85. The Hall–Kier alpha value is -2.64. The number of aryl methyl sites for hydroxylation is 1. The van der Waals surface area contributed by atoms with Gasteiger partial charge in [0.1, 0.15) is 11.1 Å². The molecule has 0 radical (unpaired) electrons. The highest BCUT2D eigenvalue weighted by Gasteiger charge is 2.15. The van der Waals surface area contributed by atoms with Crippen LogP contribution in [0.2, 0.25) is 5.02 Å². The standard InChI is InChI=1S/C16H12ClN3O3S/c1-9-3-2-4-11(17)13(9)19-15(22)12-7-18-16(24-12)20-14(21)10-5-6-23-8-10/h2-8H,1H3,(H,19,22)(H,18,20,21). The molecule has 1 aromatic carbocycles. The number of benzene rings is 1. The number of para-hydroxylation sites is 1. The van der Waals surface area contributed by atoms with Crippen LogP contribution in [0.4, 0.5) is 10.8 Å². The van der Waals surface area contributed by atoms with Crippen molar-refractivity contribution >= 4 is 45.6 Å². The maximum absolute atomic E-state index is 12.3. The molecule has 2 heterocycles. The highest BCUT2D eigenvalue weighted by atomic mass is 35.5. The minimum absolute atomic E-state index is 0.322. The van der Waals surface area contributed by atoms with Crippen molar-refractivity contribution in [3.8, 4) is 0 Å². The molecule has 0 atom stereocenters. The first-order chi connectivity index (χ1) is 11.5. The molecule has 0 fully saturated rings. The van der Waals surface area contributed by atoms with E-state index < -0.39 is 0 Å². The fraction of sp³-hybridized carbons (Fsp3) is 0.0625. The lowest BCUT2D eigenvalue weighted by Gasteiger charge is -2.08. The number of aromatic nitrogens is 1. The van der Waals surface area contributed by atoms with Gasteiger partial charge in [-0.2, -0.15) is 0 Å². The third-order valence-corrected chi connectivity index (χ3v) is 4.42. The van der Waals surface area contributed by atoms with E-state index in [9.17, 15) is 9.59 Å². The van der Waals surface area contributed by atoms with Crippen LogP contribution in [-0.2, 0) is 0 Å². The molecule has 24 heavy (non-hydrogen) atoms. The van der Waals surface area contributed by atoms with E-state index >= 15 is 0 Å². The van der Waals surface area contributed by atoms with Crippen LogP contribution in [-0.4, -0.2) is 16.8 Å². The van der Waals surface area contributed by atoms with Gasteiger partial charge in [-0.25, -0.2) is 4.98 Å². The molecule has 122 valence electrons. The number of thiazole rings is 1. The highest BCUT2D eigenvalue weighted by molar-refractivity contribution is 7.17. The Morgan fingerprint density at radius 1 is 1.21 bits per heavy atom. The monoisotopic (exact) mass is 361 g/mol. The SMILES string of the molecule is Cc1cccc(Cl)c1NC(=O)c1cnc(NC(=O)c2ccoc2)s1. The second-order valence-corrected chi connectivity index (χ2v) is 6.32. The molecule has 0 aliphatic rings. The molecule has 0 spiro atoms. The largest absolute Gasteiger partial charge is 0.472 e. The van der Waals surface area contributed by atoms with Gasteiger partial charge in [-0.15, -0.1) is 0 Å². The zero-order valence-electron chi connectivity index (χ0n) is 12.5. The topological polar surface area (TPSA) is 84.2 Å².